The summed E-state index contributed by atoms with van der Waals surface area (Å²) in [7, 11) is 0. The molecular weight excluding hydrogens is 196 g/mol. The van der Waals surface area contributed by atoms with Gasteiger partial charge in [0.1, 0.15) is 6.10 Å². The Kier molecular flexibility index (Phi) is 4.57. The van der Waals surface area contributed by atoms with Crippen molar-refractivity contribution in [2.75, 3.05) is 6.61 Å². The number of nitrogens with zero attached hydrogens (tertiary/aromatic N) is 2. The zero-order valence-corrected chi connectivity index (χ0v) is 9.30. The molecule has 0 N–H and O–H groups in total. The highest BCUT2D eigenvalue weighted by Gasteiger charge is 2.05. The molecule has 0 aromatic carbocycles. The van der Waals surface area contributed by atoms with Gasteiger partial charge in [-0.3, -0.25) is 0 Å². The molecule has 0 saturated carbocycles. The van der Waals surface area contributed by atoms with Crippen LogP contribution in [-0.4, -0.2) is 17.7 Å². The van der Waals surface area contributed by atoms with E-state index >= 15 is 0 Å². The van der Waals surface area contributed by atoms with Crippen LogP contribution in [0.15, 0.2) is 5.51 Å². The maximum Gasteiger partial charge on any atom is 0.143 e. The molecule has 1 unspecified atom stereocenters. The van der Waals surface area contributed by atoms with Crippen LogP contribution >= 0.6 is 11.3 Å². The van der Waals surface area contributed by atoms with E-state index in [4.69, 9.17) is 10.00 Å². The molecule has 4 heteroatoms. The Morgan fingerprint density at radius 3 is 3.00 bits per heavy atom. The van der Waals surface area contributed by atoms with Crippen LogP contribution in [0.5, 0.6) is 0 Å². The summed E-state index contributed by atoms with van der Waals surface area (Å²) in [4.78, 5) is 5.40. The second-order valence-corrected chi connectivity index (χ2v) is 3.95. The lowest BCUT2D eigenvalue weighted by atomic mass is 10.3. The highest BCUT2D eigenvalue weighted by molar-refractivity contribution is 7.09. The van der Waals surface area contributed by atoms with E-state index in [0.29, 0.717) is 6.61 Å². The maximum atomic E-state index is 8.65. The number of hydrogen-bond donors (Lipinski definition) is 0. The Hall–Kier alpha value is -0.920. The maximum absolute atomic E-state index is 8.65. The third-order valence-electron chi connectivity index (χ3n) is 2.01. The van der Waals surface area contributed by atoms with E-state index in [9.17, 15) is 0 Å². The van der Waals surface area contributed by atoms with E-state index in [1.807, 2.05) is 19.4 Å². The number of aryl methyl sites for hydroxylation is 1. The second-order valence-electron chi connectivity index (χ2n) is 3.01. The van der Waals surface area contributed by atoms with Crippen molar-refractivity contribution in [3.05, 3.63) is 16.1 Å². The first kappa shape index (κ1) is 11.2. The van der Waals surface area contributed by atoms with Crippen LogP contribution in [0.4, 0.5) is 0 Å². The minimum Gasteiger partial charge on any atom is -0.363 e. The Bertz CT molecular complexity index is 316. The molecule has 3 nitrogen and oxygen atoms in total. The smallest absolute Gasteiger partial charge is 0.143 e. The van der Waals surface area contributed by atoms with Crippen LogP contribution in [0.1, 0.15) is 23.9 Å². The third kappa shape index (κ3) is 3.09. The van der Waals surface area contributed by atoms with Crippen LogP contribution in [0, 0.1) is 18.3 Å². The molecule has 1 heterocycles. The Labute approximate surface area is 88.4 Å². The number of nitriles is 1. The highest BCUT2D eigenvalue weighted by atomic mass is 32.1. The van der Waals surface area contributed by atoms with Gasteiger partial charge in [-0.05, 0) is 13.3 Å². The van der Waals surface area contributed by atoms with Crippen molar-refractivity contribution in [3.63, 3.8) is 0 Å². The molecule has 0 amide bonds. The lowest BCUT2D eigenvalue weighted by Crippen LogP contribution is -2.11. The lowest BCUT2D eigenvalue weighted by molar-refractivity contribution is 0.0904. The summed E-state index contributed by atoms with van der Waals surface area (Å²) in [6, 6.07) is 2.11. The standard InChI is InChI=1S/C10H14N2OS/c1-3-9(6-11)13-5-4-10-8(2)12-7-14-10/h7,9H,3-5H2,1-2H3. The van der Waals surface area contributed by atoms with Crippen molar-refractivity contribution in [1.82, 2.24) is 4.98 Å². The zero-order chi connectivity index (χ0) is 10.4. The second kappa shape index (κ2) is 5.74. The monoisotopic (exact) mass is 210 g/mol. The SMILES string of the molecule is CCC(C#N)OCCc1scnc1C. The van der Waals surface area contributed by atoms with Gasteiger partial charge in [-0.1, -0.05) is 6.92 Å². The van der Waals surface area contributed by atoms with E-state index in [2.05, 4.69) is 11.1 Å². The van der Waals surface area contributed by atoms with Gasteiger partial charge < -0.3 is 4.74 Å². The van der Waals surface area contributed by atoms with Crippen LogP contribution in [-0.2, 0) is 11.2 Å². The van der Waals surface area contributed by atoms with Crippen molar-refractivity contribution >= 4 is 11.3 Å². The van der Waals surface area contributed by atoms with Gasteiger partial charge in [0.2, 0.25) is 0 Å². The van der Waals surface area contributed by atoms with Crippen molar-refractivity contribution in [1.29, 1.82) is 5.26 Å². The van der Waals surface area contributed by atoms with Crippen molar-refractivity contribution in [3.8, 4) is 6.07 Å². The number of aromatic nitrogens is 1. The van der Waals surface area contributed by atoms with Crippen molar-refractivity contribution in [2.45, 2.75) is 32.8 Å². The zero-order valence-electron chi connectivity index (χ0n) is 8.49. The van der Waals surface area contributed by atoms with Crippen LogP contribution < -0.4 is 0 Å². The quantitative estimate of drug-likeness (QED) is 0.749. The van der Waals surface area contributed by atoms with E-state index in [-0.39, 0.29) is 6.10 Å². The van der Waals surface area contributed by atoms with Gasteiger partial charge in [-0.15, -0.1) is 11.3 Å². The van der Waals surface area contributed by atoms with Crippen LogP contribution in [0.25, 0.3) is 0 Å². The first-order valence-electron chi connectivity index (χ1n) is 4.68. The predicted octanol–water partition coefficient (Wildman–Crippen LogP) is 2.31. The average Bonchev–Trinajstić information content (AvgIpc) is 2.59. The normalized spacial score (nSPS) is 12.4. The fraction of sp³-hybridized carbons (Fsp3) is 0.600. The molecule has 14 heavy (non-hydrogen) atoms. The first-order valence-corrected chi connectivity index (χ1v) is 5.56. The predicted molar refractivity (Wildman–Crippen MR) is 56.2 cm³/mol. The summed E-state index contributed by atoms with van der Waals surface area (Å²) < 4.78 is 5.39. The Balaban J connectivity index is 2.29. The van der Waals surface area contributed by atoms with Gasteiger partial charge >= 0.3 is 0 Å². The molecule has 0 saturated heterocycles. The molecule has 0 aliphatic carbocycles. The van der Waals surface area contributed by atoms with Crippen LogP contribution in [0.3, 0.4) is 0 Å². The van der Waals surface area contributed by atoms with Gasteiger partial charge in [0, 0.05) is 11.3 Å². The third-order valence-corrected chi connectivity index (χ3v) is 3.00. The van der Waals surface area contributed by atoms with E-state index < -0.39 is 0 Å². The van der Waals surface area contributed by atoms with E-state index in [0.717, 1.165) is 18.5 Å². The molecular formula is C10H14N2OS. The first-order chi connectivity index (χ1) is 6.77. The molecule has 0 aliphatic rings. The summed E-state index contributed by atoms with van der Waals surface area (Å²) in [6.07, 6.45) is 1.34. The van der Waals surface area contributed by atoms with Gasteiger partial charge in [0.15, 0.2) is 0 Å². The number of thiazole rings is 1. The van der Waals surface area contributed by atoms with Gasteiger partial charge in [-0.25, -0.2) is 4.98 Å². The molecule has 0 bridgehead atoms. The van der Waals surface area contributed by atoms with Gasteiger partial charge in [-0.2, -0.15) is 5.26 Å². The van der Waals surface area contributed by atoms with E-state index in [1.54, 1.807) is 11.3 Å². The fourth-order valence-electron chi connectivity index (χ4n) is 1.11. The Morgan fingerprint density at radius 2 is 2.50 bits per heavy atom. The number of hydrogen-bond acceptors (Lipinski definition) is 4. The number of ether oxygens (including phenoxy) is 1. The van der Waals surface area contributed by atoms with Gasteiger partial charge in [0.05, 0.1) is 23.9 Å². The molecule has 76 valence electrons. The molecule has 1 rings (SSSR count). The molecule has 1 atom stereocenters. The molecule has 0 aliphatic heterocycles. The van der Waals surface area contributed by atoms with Gasteiger partial charge in [0.25, 0.3) is 0 Å². The van der Waals surface area contributed by atoms with Crippen molar-refractivity contribution < 1.29 is 4.74 Å². The van der Waals surface area contributed by atoms with Crippen molar-refractivity contribution in [2.24, 2.45) is 0 Å². The summed E-state index contributed by atoms with van der Waals surface area (Å²) in [5.74, 6) is 0. The summed E-state index contributed by atoms with van der Waals surface area (Å²) in [5.41, 5.74) is 2.91. The molecule has 0 fully saturated rings. The summed E-state index contributed by atoms with van der Waals surface area (Å²) in [5, 5.41) is 8.65. The minimum absolute atomic E-state index is 0.261. The summed E-state index contributed by atoms with van der Waals surface area (Å²) in [6.45, 7) is 4.55. The molecule has 1 aromatic heterocycles. The fourth-order valence-corrected chi connectivity index (χ4v) is 1.87. The Morgan fingerprint density at radius 1 is 1.71 bits per heavy atom. The van der Waals surface area contributed by atoms with Crippen LogP contribution in [0.2, 0.25) is 0 Å². The molecule has 0 spiro atoms. The molecule has 1 aromatic rings. The summed E-state index contributed by atoms with van der Waals surface area (Å²) >= 11 is 1.64. The lowest BCUT2D eigenvalue weighted by Gasteiger charge is -2.06. The topological polar surface area (TPSA) is 45.9 Å². The molecule has 0 radical (unpaired) electrons. The largest absolute Gasteiger partial charge is 0.363 e. The van der Waals surface area contributed by atoms with E-state index in [1.165, 1.54) is 4.88 Å². The minimum atomic E-state index is -0.261. The number of rotatable bonds is 5. The highest BCUT2D eigenvalue weighted by Crippen LogP contribution is 2.13. The average molecular weight is 210 g/mol.